The third-order valence-corrected chi connectivity index (χ3v) is 4.31. The molecule has 0 atom stereocenters. The standard InChI is InChI=1S/C19H17N5O2/c1-26-17-6-5-13(10-21-17)19(25)24-9-7-15-14(12-24)11-22-18(23-15)16-4-2-3-8-20-16/h2-6,8,10-11H,7,9,12H2,1H3. The minimum absolute atomic E-state index is 0.0559. The second-order valence-electron chi connectivity index (χ2n) is 5.95. The van der Waals surface area contributed by atoms with E-state index in [1.54, 1.807) is 36.5 Å². The number of pyridine rings is 2. The Morgan fingerprint density at radius 1 is 1.12 bits per heavy atom. The van der Waals surface area contributed by atoms with E-state index in [9.17, 15) is 4.79 Å². The molecule has 4 rings (SSSR count). The monoisotopic (exact) mass is 347 g/mol. The van der Waals surface area contributed by atoms with Gasteiger partial charge in [0.05, 0.1) is 18.4 Å². The fraction of sp³-hybridized carbons (Fsp3) is 0.211. The van der Waals surface area contributed by atoms with Gasteiger partial charge in [-0.15, -0.1) is 0 Å². The van der Waals surface area contributed by atoms with E-state index in [1.165, 1.54) is 6.20 Å². The number of rotatable bonds is 3. The van der Waals surface area contributed by atoms with Crippen molar-refractivity contribution in [1.29, 1.82) is 0 Å². The molecule has 0 spiro atoms. The third-order valence-electron chi connectivity index (χ3n) is 4.31. The van der Waals surface area contributed by atoms with E-state index in [0.717, 1.165) is 17.0 Å². The van der Waals surface area contributed by atoms with Crippen molar-refractivity contribution >= 4 is 5.91 Å². The van der Waals surface area contributed by atoms with E-state index in [-0.39, 0.29) is 5.91 Å². The molecule has 0 aromatic carbocycles. The minimum Gasteiger partial charge on any atom is -0.481 e. The highest BCUT2D eigenvalue weighted by atomic mass is 16.5. The van der Waals surface area contributed by atoms with Gasteiger partial charge in [-0.1, -0.05) is 6.07 Å². The van der Waals surface area contributed by atoms with E-state index in [0.29, 0.717) is 36.8 Å². The van der Waals surface area contributed by atoms with Gasteiger partial charge in [0, 0.05) is 49.7 Å². The average molecular weight is 347 g/mol. The van der Waals surface area contributed by atoms with Crippen molar-refractivity contribution < 1.29 is 9.53 Å². The summed E-state index contributed by atoms with van der Waals surface area (Å²) in [7, 11) is 1.55. The summed E-state index contributed by atoms with van der Waals surface area (Å²) < 4.78 is 5.03. The first-order valence-electron chi connectivity index (χ1n) is 8.30. The smallest absolute Gasteiger partial charge is 0.255 e. The number of hydrogen-bond donors (Lipinski definition) is 0. The maximum absolute atomic E-state index is 12.7. The predicted molar refractivity (Wildman–Crippen MR) is 94.5 cm³/mol. The molecule has 0 N–H and O–H groups in total. The zero-order chi connectivity index (χ0) is 17.9. The Kier molecular flexibility index (Phi) is 4.27. The zero-order valence-corrected chi connectivity index (χ0v) is 14.3. The van der Waals surface area contributed by atoms with Gasteiger partial charge in [-0.2, -0.15) is 0 Å². The first-order valence-corrected chi connectivity index (χ1v) is 8.30. The quantitative estimate of drug-likeness (QED) is 0.722. The molecule has 0 unspecified atom stereocenters. The molecule has 0 saturated carbocycles. The summed E-state index contributed by atoms with van der Waals surface area (Å²) in [6.07, 6.45) is 5.74. The topological polar surface area (TPSA) is 81.1 Å². The maximum Gasteiger partial charge on any atom is 0.255 e. The lowest BCUT2D eigenvalue weighted by atomic mass is 10.1. The van der Waals surface area contributed by atoms with Gasteiger partial charge in [-0.25, -0.2) is 15.0 Å². The predicted octanol–water partition coefficient (Wildman–Crippen LogP) is 2.14. The van der Waals surface area contributed by atoms with Crippen LogP contribution in [0.15, 0.2) is 48.9 Å². The molecular formula is C19H17N5O2. The zero-order valence-electron chi connectivity index (χ0n) is 14.3. The van der Waals surface area contributed by atoms with E-state index >= 15 is 0 Å². The SMILES string of the molecule is COc1ccc(C(=O)N2CCc3nc(-c4ccccn4)ncc3C2)cn1. The fourth-order valence-electron chi connectivity index (χ4n) is 2.92. The number of aromatic nitrogens is 4. The van der Waals surface area contributed by atoms with Crippen LogP contribution in [0.3, 0.4) is 0 Å². The highest BCUT2D eigenvalue weighted by Gasteiger charge is 2.23. The first kappa shape index (κ1) is 16.1. The summed E-state index contributed by atoms with van der Waals surface area (Å²) in [5.41, 5.74) is 3.22. The van der Waals surface area contributed by atoms with E-state index in [1.807, 2.05) is 18.2 Å². The largest absolute Gasteiger partial charge is 0.481 e. The van der Waals surface area contributed by atoms with E-state index in [2.05, 4.69) is 19.9 Å². The van der Waals surface area contributed by atoms with Crippen molar-refractivity contribution in [3.63, 3.8) is 0 Å². The summed E-state index contributed by atoms with van der Waals surface area (Å²) in [6, 6.07) is 9.07. The molecule has 0 radical (unpaired) electrons. The van der Waals surface area contributed by atoms with Crippen LogP contribution in [0.5, 0.6) is 5.88 Å². The van der Waals surface area contributed by atoms with Crippen LogP contribution in [0.2, 0.25) is 0 Å². The van der Waals surface area contributed by atoms with Gasteiger partial charge in [0.1, 0.15) is 5.69 Å². The minimum atomic E-state index is -0.0559. The van der Waals surface area contributed by atoms with Gasteiger partial charge in [0.2, 0.25) is 5.88 Å². The molecule has 130 valence electrons. The molecular weight excluding hydrogens is 330 g/mol. The number of nitrogens with zero attached hydrogens (tertiary/aromatic N) is 5. The van der Waals surface area contributed by atoms with Crippen molar-refractivity contribution in [1.82, 2.24) is 24.8 Å². The van der Waals surface area contributed by atoms with E-state index in [4.69, 9.17) is 4.74 Å². The molecule has 0 saturated heterocycles. The molecule has 7 nitrogen and oxygen atoms in total. The van der Waals surface area contributed by atoms with Gasteiger partial charge in [-0.05, 0) is 18.2 Å². The van der Waals surface area contributed by atoms with Gasteiger partial charge in [0.25, 0.3) is 5.91 Å². The summed E-state index contributed by atoms with van der Waals surface area (Å²) in [4.78, 5) is 31.9. The Labute approximate surface area is 150 Å². The normalized spacial score (nSPS) is 13.2. The molecule has 3 aromatic rings. The number of ether oxygens (including phenoxy) is 1. The fourth-order valence-corrected chi connectivity index (χ4v) is 2.92. The van der Waals surface area contributed by atoms with Crippen LogP contribution in [0, 0.1) is 0 Å². The molecule has 7 heteroatoms. The number of hydrogen-bond acceptors (Lipinski definition) is 6. The molecule has 0 fully saturated rings. The van der Waals surface area contributed by atoms with Crippen LogP contribution < -0.4 is 4.74 Å². The number of carbonyl (C=O) groups is 1. The van der Waals surface area contributed by atoms with Crippen LogP contribution in [-0.2, 0) is 13.0 Å². The van der Waals surface area contributed by atoms with E-state index < -0.39 is 0 Å². The van der Waals surface area contributed by atoms with Gasteiger partial charge in [0.15, 0.2) is 5.82 Å². The second-order valence-corrected chi connectivity index (χ2v) is 5.95. The van der Waals surface area contributed by atoms with Crippen LogP contribution in [0.25, 0.3) is 11.5 Å². The summed E-state index contributed by atoms with van der Waals surface area (Å²) in [5.74, 6) is 1.05. The Hall–Kier alpha value is -3.35. The van der Waals surface area contributed by atoms with Crippen molar-refractivity contribution in [2.24, 2.45) is 0 Å². The number of amides is 1. The number of carbonyl (C=O) groups excluding carboxylic acids is 1. The lowest BCUT2D eigenvalue weighted by Crippen LogP contribution is -2.36. The third kappa shape index (κ3) is 3.11. The Bertz CT molecular complexity index is 928. The van der Waals surface area contributed by atoms with Gasteiger partial charge < -0.3 is 9.64 Å². The first-order chi connectivity index (χ1) is 12.7. The molecule has 1 amide bonds. The van der Waals surface area contributed by atoms with Crippen molar-refractivity contribution in [2.45, 2.75) is 13.0 Å². The van der Waals surface area contributed by atoms with Crippen LogP contribution in [-0.4, -0.2) is 44.4 Å². The molecule has 0 bridgehead atoms. The van der Waals surface area contributed by atoms with Gasteiger partial charge >= 0.3 is 0 Å². The van der Waals surface area contributed by atoms with Crippen LogP contribution >= 0.6 is 0 Å². The number of fused-ring (bicyclic) bond motifs is 1. The second kappa shape index (κ2) is 6.87. The lowest BCUT2D eigenvalue weighted by molar-refractivity contribution is 0.0733. The summed E-state index contributed by atoms with van der Waals surface area (Å²) in [5, 5.41) is 0. The average Bonchev–Trinajstić information content (AvgIpc) is 2.73. The summed E-state index contributed by atoms with van der Waals surface area (Å²) in [6.45, 7) is 1.10. The number of methoxy groups -OCH3 is 1. The van der Waals surface area contributed by atoms with Crippen molar-refractivity contribution in [3.05, 3.63) is 65.7 Å². The molecule has 26 heavy (non-hydrogen) atoms. The summed E-state index contributed by atoms with van der Waals surface area (Å²) >= 11 is 0. The lowest BCUT2D eigenvalue weighted by Gasteiger charge is -2.28. The van der Waals surface area contributed by atoms with Crippen molar-refractivity contribution in [2.75, 3.05) is 13.7 Å². The Balaban J connectivity index is 1.53. The molecule has 3 aromatic heterocycles. The highest BCUT2D eigenvalue weighted by molar-refractivity contribution is 5.94. The van der Waals surface area contributed by atoms with Crippen molar-refractivity contribution in [3.8, 4) is 17.4 Å². The maximum atomic E-state index is 12.7. The van der Waals surface area contributed by atoms with Gasteiger partial charge in [-0.3, -0.25) is 9.78 Å². The molecule has 4 heterocycles. The van der Waals surface area contributed by atoms with Crippen LogP contribution in [0.4, 0.5) is 0 Å². The molecule has 1 aliphatic heterocycles. The Morgan fingerprint density at radius 2 is 2.04 bits per heavy atom. The Morgan fingerprint density at radius 3 is 2.77 bits per heavy atom. The highest BCUT2D eigenvalue weighted by Crippen LogP contribution is 2.21. The molecule has 1 aliphatic rings. The van der Waals surface area contributed by atoms with Crippen LogP contribution in [0.1, 0.15) is 21.6 Å². The molecule has 0 aliphatic carbocycles.